The molecule has 1 atom stereocenters. The predicted molar refractivity (Wildman–Crippen MR) is 42.8 cm³/mol. The molecule has 1 rings (SSSR count). The first kappa shape index (κ1) is 8.06. The van der Waals surface area contributed by atoms with E-state index in [-0.39, 0.29) is 0 Å². The number of aliphatic hydroxyl groups excluding tert-OH is 1. The summed E-state index contributed by atoms with van der Waals surface area (Å²) in [5.74, 6) is 2.43. The van der Waals surface area contributed by atoms with Gasteiger partial charge in [-0.05, 0) is 30.6 Å². The average Bonchev–Trinajstić information content (AvgIpc) is 1.85. The van der Waals surface area contributed by atoms with Gasteiger partial charge in [-0.3, -0.25) is 0 Å². The van der Waals surface area contributed by atoms with Gasteiger partial charge >= 0.3 is 0 Å². The minimum absolute atomic E-state index is 0.410. The van der Waals surface area contributed by atoms with E-state index >= 15 is 0 Å². The SMILES string of the molecule is CC[C@H](C)C1CC(CO)C1. The van der Waals surface area contributed by atoms with Gasteiger partial charge in [0.15, 0.2) is 0 Å². The van der Waals surface area contributed by atoms with E-state index in [0.29, 0.717) is 12.5 Å². The molecule has 0 aromatic carbocycles. The van der Waals surface area contributed by atoms with Crippen LogP contribution >= 0.6 is 0 Å². The third kappa shape index (κ3) is 1.51. The van der Waals surface area contributed by atoms with Crippen LogP contribution in [-0.2, 0) is 0 Å². The molecule has 1 aliphatic rings. The highest BCUT2D eigenvalue weighted by molar-refractivity contribution is 4.81. The van der Waals surface area contributed by atoms with Crippen molar-refractivity contribution in [1.82, 2.24) is 0 Å². The maximum atomic E-state index is 8.76. The summed E-state index contributed by atoms with van der Waals surface area (Å²) >= 11 is 0. The molecule has 1 saturated carbocycles. The molecule has 0 heterocycles. The zero-order valence-electron chi connectivity index (χ0n) is 7.01. The van der Waals surface area contributed by atoms with Crippen LogP contribution in [0.1, 0.15) is 33.1 Å². The first-order valence-corrected chi connectivity index (χ1v) is 4.38. The second-order valence-electron chi connectivity index (χ2n) is 3.67. The quantitative estimate of drug-likeness (QED) is 0.639. The molecule has 1 N–H and O–H groups in total. The second-order valence-corrected chi connectivity index (χ2v) is 3.67. The molecule has 60 valence electrons. The fourth-order valence-corrected chi connectivity index (χ4v) is 1.73. The molecule has 1 fully saturated rings. The molecular weight excluding hydrogens is 124 g/mol. The molecule has 0 aliphatic heterocycles. The Balaban J connectivity index is 2.13. The van der Waals surface area contributed by atoms with E-state index in [1.54, 1.807) is 0 Å². The Bertz CT molecular complexity index is 94.9. The monoisotopic (exact) mass is 142 g/mol. The van der Waals surface area contributed by atoms with Crippen molar-refractivity contribution in [1.29, 1.82) is 0 Å². The molecule has 0 aromatic rings. The molecule has 10 heavy (non-hydrogen) atoms. The van der Waals surface area contributed by atoms with E-state index in [1.807, 2.05) is 0 Å². The first-order chi connectivity index (χ1) is 4.77. The van der Waals surface area contributed by atoms with E-state index in [0.717, 1.165) is 11.8 Å². The third-order valence-electron chi connectivity index (χ3n) is 2.98. The summed E-state index contributed by atoms with van der Waals surface area (Å²) < 4.78 is 0. The van der Waals surface area contributed by atoms with Crippen LogP contribution in [-0.4, -0.2) is 11.7 Å². The van der Waals surface area contributed by atoms with Crippen molar-refractivity contribution in [2.24, 2.45) is 17.8 Å². The van der Waals surface area contributed by atoms with Crippen molar-refractivity contribution in [3.8, 4) is 0 Å². The molecule has 1 heteroatoms. The van der Waals surface area contributed by atoms with Gasteiger partial charge in [-0.15, -0.1) is 0 Å². The van der Waals surface area contributed by atoms with Gasteiger partial charge in [0.2, 0.25) is 0 Å². The predicted octanol–water partition coefficient (Wildman–Crippen LogP) is 2.05. The van der Waals surface area contributed by atoms with E-state index in [9.17, 15) is 0 Å². The smallest absolute Gasteiger partial charge is 0.0459 e. The van der Waals surface area contributed by atoms with Gasteiger partial charge in [-0.1, -0.05) is 20.3 Å². The summed E-state index contributed by atoms with van der Waals surface area (Å²) in [5.41, 5.74) is 0. The molecule has 0 aromatic heterocycles. The largest absolute Gasteiger partial charge is 0.396 e. The molecule has 0 amide bonds. The van der Waals surface area contributed by atoms with Gasteiger partial charge in [0.1, 0.15) is 0 Å². The standard InChI is InChI=1S/C9H18O/c1-3-7(2)9-4-8(5-9)6-10/h7-10H,3-6H2,1-2H3/t7-,8?,9?/m0/s1. The fraction of sp³-hybridized carbons (Fsp3) is 1.00. The summed E-state index contributed by atoms with van der Waals surface area (Å²) in [6.45, 7) is 4.97. The van der Waals surface area contributed by atoms with Crippen LogP contribution in [0.4, 0.5) is 0 Å². The lowest BCUT2D eigenvalue weighted by molar-refractivity contribution is 0.0736. The highest BCUT2D eigenvalue weighted by Crippen LogP contribution is 2.39. The molecule has 0 bridgehead atoms. The molecule has 0 saturated heterocycles. The molecule has 0 radical (unpaired) electrons. The molecule has 1 nitrogen and oxygen atoms in total. The van der Waals surface area contributed by atoms with Crippen LogP contribution in [0.5, 0.6) is 0 Å². The zero-order valence-corrected chi connectivity index (χ0v) is 7.01. The van der Waals surface area contributed by atoms with Gasteiger partial charge in [-0.2, -0.15) is 0 Å². The van der Waals surface area contributed by atoms with E-state index < -0.39 is 0 Å². The van der Waals surface area contributed by atoms with Crippen LogP contribution < -0.4 is 0 Å². The van der Waals surface area contributed by atoms with E-state index in [4.69, 9.17) is 5.11 Å². The summed E-state index contributed by atoms with van der Waals surface area (Å²) in [6.07, 6.45) is 3.83. The van der Waals surface area contributed by atoms with Crippen molar-refractivity contribution in [3.05, 3.63) is 0 Å². The van der Waals surface area contributed by atoms with Crippen LogP contribution in [0.3, 0.4) is 0 Å². The molecule has 0 unspecified atom stereocenters. The Hall–Kier alpha value is -0.0400. The van der Waals surface area contributed by atoms with Crippen molar-refractivity contribution < 1.29 is 5.11 Å². The van der Waals surface area contributed by atoms with Gasteiger partial charge < -0.3 is 5.11 Å². The van der Waals surface area contributed by atoms with Gasteiger partial charge in [-0.25, -0.2) is 0 Å². The molecular formula is C9H18O. The van der Waals surface area contributed by atoms with Crippen molar-refractivity contribution >= 4 is 0 Å². The van der Waals surface area contributed by atoms with Crippen molar-refractivity contribution in [2.75, 3.05) is 6.61 Å². The highest BCUT2D eigenvalue weighted by Gasteiger charge is 2.31. The van der Waals surface area contributed by atoms with Crippen molar-refractivity contribution in [3.63, 3.8) is 0 Å². The van der Waals surface area contributed by atoms with E-state index in [1.165, 1.54) is 19.3 Å². The number of hydrogen-bond acceptors (Lipinski definition) is 1. The normalized spacial score (nSPS) is 35.1. The second kappa shape index (κ2) is 3.38. The van der Waals surface area contributed by atoms with Gasteiger partial charge in [0.05, 0.1) is 0 Å². The summed E-state index contributed by atoms with van der Waals surface area (Å²) in [7, 11) is 0. The van der Waals surface area contributed by atoms with Crippen LogP contribution in [0.15, 0.2) is 0 Å². The lowest BCUT2D eigenvalue weighted by Gasteiger charge is -2.37. The number of hydrogen-bond donors (Lipinski definition) is 1. The Morgan fingerprint density at radius 3 is 2.50 bits per heavy atom. The zero-order chi connectivity index (χ0) is 7.56. The highest BCUT2D eigenvalue weighted by atomic mass is 16.3. The Labute approximate surface area is 63.4 Å². The Kier molecular flexibility index (Phi) is 2.72. The molecule has 1 aliphatic carbocycles. The minimum Gasteiger partial charge on any atom is -0.396 e. The number of aliphatic hydroxyl groups is 1. The van der Waals surface area contributed by atoms with E-state index in [2.05, 4.69) is 13.8 Å². The summed E-state index contributed by atoms with van der Waals surface area (Å²) in [4.78, 5) is 0. The maximum Gasteiger partial charge on any atom is 0.0459 e. The Morgan fingerprint density at radius 2 is 2.10 bits per heavy atom. The first-order valence-electron chi connectivity index (χ1n) is 4.38. The average molecular weight is 142 g/mol. The topological polar surface area (TPSA) is 20.2 Å². The minimum atomic E-state index is 0.410. The Morgan fingerprint density at radius 1 is 1.50 bits per heavy atom. The lowest BCUT2D eigenvalue weighted by Crippen LogP contribution is -2.30. The van der Waals surface area contributed by atoms with Crippen LogP contribution in [0.25, 0.3) is 0 Å². The maximum absolute atomic E-state index is 8.76. The molecule has 0 spiro atoms. The van der Waals surface area contributed by atoms with Gasteiger partial charge in [0, 0.05) is 6.61 Å². The lowest BCUT2D eigenvalue weighted by atomic mass is 9.69. The van der Waals surface area contributed by atoms with Crippen LogP contribution in [0.2, 0.25) is 0 Å². The number of rotatable bonds is 3. The third-order valence-corrected chi connectivity index (χ3v) is 2.98. The van der Waals surface area contributed by atoms with Crippen LogP contribution in [0, 0.1) is 17.8 Å². The van der Waals surface area contributed by atoms with Crippen molar-refractivity contribution in [2.45, 2.75) is 33.1 Å². The summed E-state index contributed by atoms with van der Waals surface area (Å²) in [5, 5.41) is 8.76. The van der Waals surface area contributed by atoms with Gasteiger partial charge in [0.25, 0.3) is 0 Å². The fourth-order valence-electron chi connectivity index (χ4n) is 1.73. The summed E-state index contributed by atoms with van der Waals surface area (Å²) in [6, 6.07) is 0.